The summed E-state index contributed by atoms with van der Waals surface area (Å²) < 4.78 is 5.04. The monoisotopic (exact) mass is 332 g/mol. The van der Waals surface area contributed by atoms with Crippen LogP contribution in [0.3, 0.4) is 0 Å². The van der Waals surface area contributed by atoms with E-state index >= 15 is 0 Å². The molecule has 1 saturated heterocycles. The number of anilines is 1. The van der Waals surface area contributed by atoms with Gasteiger partial charge in [-0.3, -0.25) is 14.4 Å². The number of ether oxygens (including phenoxy) is 1. The molecule has 1 aliphatic heterocycles. The van der Waals surface area contributed by atoms with Crippen LogP contribution in [0.2, 0.25) is 0 Å². The number of nitrogens with one attached hydrogen (secondary N) is 1. The van der Waals surface area contributed by atoms with Crippen molar-refractivity contribution < 1.29 is 19.1 Å². The van der Waals surface area contributed by atoms with Gasteiger partial charge < -0.3 is 15.0 Å². The quantitative estimate of drug-likeness (QED) is 0.840. The van der Waals surface area contributed by atoms with Crippen LogP contribution in [0.15, 0.2) is 24.3 Å². The summed E-state index contributed by atoms with van der Waals surface area (Å²) in [6.45, 7) is 5.02. The molecule has 0 unspecified atom stereocenters. The summed E-state index contributed by atoms with van der Waals surface area (Å²) in [5.41, 5.74) is 1.16. The van der Waals surface area contributed by atoms with Crippen molar-refractivity contribution in [1.29, 1.82) is 0 Å². The fourth-order valence-corrected chi connectivity index (χ4v) is 2.74. The van der Waals surface area contributed by atoms with E-state index in [1.165, 1.54) is 0 Å². The Kier molecular flexibility index (Phi) is 6.35. The molecule has 1 heterocycles. The number of hydrogen-bond acceptors (Lipinski definition) is 4. The predicted octanol–water partition coefficient (Wildman–Crippen LogP) is 2.45. The number of hydrogen-bond donors (Lipinski definition) is 1. The third-order valence-electron chi connectivity index (χ3n) is 4.12. The number of benzene rings is 1. The topological polar surface area (TPSA) is 75.7 Å². The van der Waals surface area contributed by atoms with E-state index in [2.05, 4.69) is 5.32 Å². The minimum absolute atomic E-state index is 0.0788. The van der Waals surface area contributed by atoms with E-state index in [9.17, 15) is 14.4 Å². The molecule has 0 spiro atoms. The molecule has 0 aromatic heterocycles. The molecule has 1 aromatic carbocycles. The van der Waals surface area contributed by atoms with Gasteiger partial charge in [0, 0.05) is 30.8 Å². The van der Waals surface area contributed by atoms with Gasteiger partial charge >= 0.3 is 5.97 Å². The molecule has 0 radical (unpaired) electrons. The lowest BCUT2D eigenvalue weighted by molar-refractivity contribution is -0.149. The van der Waals surface area contributed by atoms with Gasteiger partial charge in [0.15, 0.2) is 0 Å². The molecule has 1 aliphatic rings. The highest BCUT2D eigenvalue weighted by atomic mass is 16.5. The average molecular weight is 332 g/mol. The molecule has 0 atom stereocenters. The molecule has 130 valence electrons. The molecule has 6 nitrogen and oxygen atoms in total. The van der Waals surface area contributed by atoms with Gasteiger partial charge in [0.25, 0.3) is 5.91 Å². The Hall–Kier alpha value is -2.37. The number of likely N-dealkylation sites (tertiary alicyclic amines) is 1. The van der Waals surface area contributed by atoms with Crippen molar-refractivity contribution in [2.75, 3.05) is 25.0 Å². The number of nitrogens with zero attached hydrogens (tertiary/aromatic N) is 1. The van der Waals surface area contributed by atoms with Crippen LogP contribution in [0.25, 0.3) is 0 Å². The van der Waals surface area contributed by atoms with E-state index in [0.717, 1.165) is 0 Å². The van der Waals surface area contributed by atoms with Gasteiger partial charge in [0.1, 0.15) is 0 Å². The van der Waals surface area contributed by atoms with Crippen LogP contribution in [0.5, 0.6) is 0 Å². The summed E-state index contributed by atoms with van der Waals surface area (Å²) in [5.74, 6) is -0.460. The highest BCUT2D eigenvalue weighted by Gasteiger charge is 2.28. The molecular formula is C18H24N2O4. The normalized spacial score (nSPS) is 15.0. The van der Waals surface area contributed by atoms with Crippen LogP contribution in [-0.2, 0) is 14.3 Å². The van der Waals surface area contributed by atoms with Crippen LogP contribution in [-0.4, -0.2) is 42.4 Å². The van der Waals surface area contributed by atoms with Gasteiger partial charge in [-0.05, 0) is 38.0 Å². The van der Waals surface area contributed by atoms with Crippen molar-refractivity contribution in [3.05, 3.63) is 29.8 Å². The van der Waals surface area contributed by atoms with Gasteiger partial charge in [-0.1, -0.05) is 13.0 Å². The molecule has 1 fully saturated rings. The Morgan fingerprint density at radius 2 is 1.92 bits per heavy atom. The van der Waals surface area contributed by atoms with Crippen molar-refractivity contribution in [2.45, 2.75) is 33.1 Å². The average Bonchev–Trinajstić information content (AvgIpc) is 2.61. The molecule has 24 heavy (non-hydrogen) atoms. The predicted molar refractivity (Wildman–Crippen MR) is 90.6 cm³/mol. The van der Waals surface area contributed by atoms with E-state index in [-0.39, 0.29) is 23.7 Å². The van der Waals surface area contributed by atoms with Crippen LogP contribution in [0.1, 0.15) is 43.5 Å². The van der Waals surface area contributed by atoms with Gasteiger partial charge in [0.05, 0.1) is 12.5 Å². The molecule has 2 amide bonds. The SMILES string of the molecule is CCOC(=O)C1CCN(C(=O)c2cccc(NC(=O)CC)c2)CC1. The van der Waals surface area contributed by atoms with Gasteiger partial charge in [0.2, 0.25) is 5.91 Å². The first-order chi connectivity index (χ1) is 11.5. The van der Waals surface area contributed by atoms with Crippen LogP contribution >= 0.6 is 0 Å². The van der Waals surface area contributed by atoms with Crippen molar-refractivity contribution in [3.63, 3.8) is 0 Å². The summed E-state index contributed by atoms with van der Waals surface area (Å²) in [4.78, 5) is 37.6. The maximum atomic E-state index is 12.6. The van der Waals surface area contributed by atoms with Crippen molar-refractivity contribution >= 4 is 23.5 Å². The number of piperidine rings is 1. The molecule has 0 bridgehead atoms. The molecule has 1 N–H and O–H groups in total. The van der Waals surface area contributed by atoms with E-state index in [1.807, 2.05) is 0 Å². The minimum atomic E-state index is -0.172. The number of esters is 1. The lowest BCUT2D eigenvalue weighted by atomic mass is 9.96. The van der Waals surface area contributed by atoms with Gasteiger partial charge in [-0.15, -0.1) is 0 Å². The van der Waals surface area contributed by atoms with Crippen molar-refractivity contribution in [1.82, 2.24) is 4.90 Å². The van der Waals surface area contributed by atoms with Gasteiger partial charge in [-0.25, -0.2) is 0 Å². The first-order valence-corrected chi connectivity index (χ1v) is 8.41. The Morgan fingerprint density at radius 3 is 2.54 bits per heavy atom. The lowest BCUT2D eigenvalue weighted by Gasteiger charge is -2.31. The smallest absolute Gasteiger partial charge is 0.309 e. The number of amides is 2. The largest absolute Gasteiger partial charge is 0.466 e. The fourth-order valence-electron chi connectivity index (χ4n) is 2.74. The van der Waals surface area contributed by atoms with Crippen LogP contribution in [0.4, 0.5) is 5.69 Å². The molecular weight excluding hydrogens is 308 g/mol. The maximum Gasteiger partial charge on any atom is 0.309 e. The minimum Gasteiger partial charge on any atom is -0.466 e. The highest BCUT2D eigenvalue weighted by Crippen LogP contribution is 2.21. The first-order valence-electron chi connectivity index (χ1n) is 8.41. The molecule has 0 aliphatic carbocycles. The van der Waals surface area contributed by atoms with E-state index in [1.54, 1.807) is 43.0 Å². The number of carbonyl (C=O) groups excluding carboxylic acids is 3. The summed E-state index contributed by atoms with van der Waals surface area (Å²) in [5, 5.41) is 2.75. The van der Waals surface area contributed by atoms with Crippen LogP contribution < -0.4 is 5.32 Å². The number of carbonyl (C=O) groups is 3. The van der Waals surface area contributed by atoms with E-state index in [0.29, 0.717) is 50.2 Å². The second-order valence-electron chi connectivity index (χ2n) is 5.80. The highest BCUT2D eigenvalue weighted by molar-refractivity contribution is 5.97. The summed E-state index contributed by atoms with van der Waals surface area (Å²) in [6.07, 6.45) is 1.63. The summed E-state index contributed by atoms with van der Waals surface area (Å²) in [7, 11) is 0. The Bertz CT molecular complexity index is 607. The maximum absolute atomic E-state index is 12.6. The third-order valence-corrected chi connectivity index (χ3v) is 4.12. The van der Waals surface area contributed by atoms with E-state index < -0.39 is 0 Å². The Labute approximate surface area is 142 Å². The number of rotatable bonds is 5. The standard InChI is InChI=1S/C18H24N2O4/c1-3-16(21)19-15-7-5-6-14(12-15)17(22)20-10-8-13(9-11-20)18(23)24-4-2/h5-7,12-13H,3-4,8-11H2,1-2H3,(H,19,21). The van der Waals surface area contributed by atoms with Gasteiger partial charge in [-0.2, -0.15) is 0 Å². The first kappa shape index (κ1) is 18.0. The zero-order valence-electron chi connectivity index (χ0n) is 14.2. The second kappa shape index (κ2) is 8.47. The molecule has 0 saturated carbocycles. The molecule has 6 heteroatoms. The lowest BCUT2D eigenvalue weighted by Crippen LogP contribution is -2.40. The second-order valence-corrected chi connectivity index (χ2v) is 5.80. The molecule has 1 aromatic rings. The Morgan fingerprint density at radius 1 is 1.21 bits per heavy atom. The van der Waals surface area contributed by atoms with Crippen LogP contribution in [0, 0.1) is 5.92 Å². The fraction of sp³-hybridized carbons (Fsp3) is 0.500. The van der Waals surface area contributed by atoms with Crippen molar-refractivity contribution in [2.24, 2.45) is 5.92 Å². The zero-order chi connectivity index (χ0) is 17.5. The van der Waals surface area contributed by atoms with Crippen molar-refractivity contribution in [3.8, 4) is 0 Å². The zero-order valence-corrected chi connectivity index (χ0v) is 14.2. The Balaban J connectivity index is 1.96. The van der Waals surface area contributed by atoms with E-state index in [4.69, 9.17) is 4.74 Å². The summed E-state index contributed by atoms with van der Waals surface area (Å²) >= 11 is 0. The molecule has 2 rings (SSSR count). The summed E-state index contributed by atoms with van der Waals surface area (Å²) in [6, 6.07) is 6.94. The third kappa shape index (κ3) is 4.57.